The van der Waals surface area contributed by atoms with Gasteiger partial charge in [0.15, 0.2) is 8.32 Å². The van der Waals surface area contributed by atoms with E-state index in [1.807, 2.05) is 18.2 Å². The summed E-state index contributed by atoms with van der Waals surface area (Å²) in [7, 11) is -0.0152. The molecule has 2 N–H and O–H groups in total. The molecule has 0 unspecified atom stereocenters. The summed E-state index contributed by atoms with van der Waals surface area (Å²) >= 11 is 0. The molecule has 0 saturated heterocycles. The Morgan fingerprint density at radius 2 is 1.84 bits per heavy atom. The Bertz CT molecular complexity index is 425. The zero-order chi connectivity index (χ0) is 14.7. The SMILES string of the molecule is COc1ccc(CCO[Si](C)(C)C(C)(C)C)cc1N. The molecular weight excluding hydrogens is 254 g/mol. The highest BCUT2D eigenvalue weighted by molar-refractivity contribution is 6.74. The zero-order valence-electron chi connectivity index (χ0n) is 13.0. The highest BCUT2D eigenvalue weighted by Crippen LogP contribution is 2.36. The number of hydrogen-bond acceptors (Lipinski definition) is 3. The standard InChI is InChI=1S/C15H27NO2Si/c1-15(2,3)19(5,6)18-10-9-12-7-8-14(17-4)13(16)11-12/h7-8,11H,9-10,16H2,1-6H3. The number of methoxy groups -OCH3 is 1. The summed E-state index contributed by atoms with van der Waals surface area (Å²) in [6, 6.07) is 5.93. The minimum Gasteiger partial charge on any atom is -0.495 e. The molecule has 1 aromatic rings. The van der Waals surface area contributed by atoms with Gasteiger partial charge in [0.1, 0.15) is 5.75 Å². The van der Waals surface area contributed by atoms with Gasteiger partial charge in [0.2, 0.25) is 0 Å². The highest BCUT2D eigenvalue weighted by Gasteiger charge is 2.36. The van der Waals surface area contributed by atoms with Crippen molar-refractivity contribution in [1.29, 1.82) is 0 Å². The van der Waals surface area contributed by atoms with E-state index in [1.165, 1.54) is 5.56 Å². The molecule has 0 heterocycles. The van der Waals surface area contributed by atoms with Crippen molar-refractivity contribution in [1.82, 2.24) is 0 Å². The summed E-state index contributed by atoms with van der Waals surface area (Å²) in [6.07, 6.45) is 0.890. The van der Waals surface area contributed by atoms with Gasteiger partial charge in [0, 0.05) is 6.61 Å². The van der Waals surface area contributed by atoms with Crippen LogP contribution in [-0.4, -0.2) is 22.0 Å². The fourth-order valence-corrected chi connectivity index (χ4v) is 2.63. The van der Waals surface area contributed by atoms with Gasteiger partial charge in [-0.25, -0.2) is 0 Å². The smallest absolute Gasteiger partial charge is 0.191 e. The van der Waals surface area contributed by atoms with Gasteiger partial charge in [-0.2, -0.15) is 0 Å². The largest absolute Gasteiger partial charge is 0.495 e. The molecule has 0 saturated carbocycles. The van der Waals surface area contributed by atoms with Gasteiger partial charge in [-0.1, -0.05) is 26.8 Å². The molecule has 0 amide bonds. The molecule has 0 bridgehead atoms. The topological polar surface area (TPSA) is 44.5 Å². The maximum atomic E-state index is 6.16. The maximum Gasteiger partial charge on any atom is 0.191 e. The van der Waals surface area contributed by atoms with Crippen LogP contribution in [-0.2, 0) is 10.8 Å². The van der Waals surface area contributed by atoms with Crippen LogP contribution in [0.5, 0.6) is 5.75 Å². The van der Waals surface area contributed by atoms with Crippen LogP contribution in [0.15, 0.2) is 18.2 Å². The fourth-order valence-electron chi connectivity index (χ4n) is 1.58. The van der Waals surface area contributed by atoms with Crippen LogP contribution in [0.1, 0.15) is 26.3 Å². The Labute approximate surface area is 118 Å². The second-order valence-corrected chi connectivity index (χ2v) is 11.2. The quantitative estimate of drug-likeness (QED) is 0.659. The first-order valence-electron chi connectivity index (χ1n) is 6.74. The Kier molecular flexibility index (Phi) is 5.04. The van der Waals surface area contributed by atoms with Crippen molar-refractivity contribution in [2.24, 2.45) is 0 Å². The highest BCUT2D eigenvalue weighted by atomic mass is 28.4. The van der Waals surface area contributed by atoms with E-state index in [-0.39, 0.29) is 5.04 Å². The Morgan fingerprint density at radius 1 is 1.21 bits per heavy atom. The lowest BCUT2D eigenvalue weighted by molar-refractivity contribution is 0.292. The van der Waals surface area contributed by atoms with Crippen LogP contribution in [0, 0.1) is 0 Å². The first kappa shape index (κ1) is 16.1. The van der Waals surface area contributed by atoms with Crippen molar-refractivity contribution in [2.45, 2.75) is 45.3 Å². The summed E-state index contributed by atoms with van der Waals surface area (Å²) in [6.45, 7) is 12.1. The van der Waals surface area contributed by atoms with Crippen LogP contribution in [0.3, 0.4) is 0 Å². The maximum absolute atomic E-state index is 6.16. The average molecular weight is 281 g/mol. The normalized spacial score (nSPS) is 12.5. The van der Waals surface area contributed by atoms with E-state index >= 15 is 0 Å². The lowest BCUT2D eigenvalue weighted by atomic mass is 10.1. The lowest BCUT2D eigenvalue weighted by Gasteiger charge is -2.36. The number of nitrogens with two attached hydrogens (primary N) is 1. The predicted octanol–water partition coefficient (Wildman–Crippen LogP) is 3.84. The second kappa shape index (κ2) is 5.97. The molecule has 0 aliphatic rings. The molecule has 0 radical (unpaired) electrons. The molecule has 0 spiro atoms. The van der Waals surface area contributed by atoms with Gasteiger partial charge >= 0.3 is 0 Å². The second-order valence-electron chi connectivity index (χ2n) is 6.44. The van der Waals surface area contributed by atoms with Crippen molar-refractivity contribution in [3.8, 4) is 5.75 Å². The summed E-state index contributed by atoms with van der Waals surface area (Å²) in [4.78, 5) is 0. The Hall–Kier alpha value is -1.00. The number of hydrogen-bond donors (Lipinski definition) is 1. The third-order valence-electron chi connectivity index (χ3n) is 3.95. The van der Waals surface area contributed by atoms with Crippen LogP contribution < -0.4 is 10.5 Å². The van der Waals surface area contributed by atoms with Crippen molar-refractivity contribution in [3.63, 3.8) is 0 Å². The van der Waals surface area contributed by atoms with E-state index in [0.717, 1.165) is 18.8 Å². The van der Waals surface area contributed by atoms with E-state index in [1.54, 1.807) is 7.11 Å². The van der Waals surface area contributed by atoms with E-state index < -0.39 is 8.32 Å². The first-order valence-corrected chi connectivity index (χ1v) is 9.64. The van der Waals surface area contributed by atoms with Crippen LogP contribution >= 0.6 is 0 Å². The van der Waals surface area contributed by atoms with Crippen LogP contribution in [0.2, 0.25) is 18.1 Å². The number of ether oxygens (including phenoxy) is 1. The Balaban J connectivity index is 2.57. The number of anilines is 1. The zero-order valence-corrected chi connectivity index (χ0v) is 14.0. The third-order valence-corrected chi connectivity index (χ3v) is 8.49. The molecule has 4 heteroatoms. The van der Waals surface area contributed by atoms with E-state index in [0.29, 0.717) is 5.69 Å². The van der Waals surface area contributed by atoms with Crippen LogP contribution in [0.4, 0.5) is 5.69 Å². The molecule has 0 aliphatic carbocycles. The molecular formula is C15H27NO2Si. The molecule has 0 fully saturated rings. The van der Waals surface area contributed by atoms with Crippen molar-refractivity contribution in [3.05, 3.63) is 23.8 Å². The lowest BCUT2D eigenvalue weighted by Crippen LogP contribution is -2.41. The monoisotopic (exact) mass is 281 g/mol. The average Bonchev–Trinajstić information content (AvgIpc) is 2.27. The van der Waals surface area contributed by atoms with E-state index in [2.05, 4.69) is 33.9 Å². The number of nitrogen functional groups attached to an aromatic ring is 1. The van der Waals surface area contributed by atoms with E-state index in [4.69, 9.17) is 14.9 Å². The van der Waals surface area contributed by atoms with Gasteiger partial charge in [-0.3, -0.25) is 0 Å². The van der Waals surface area contributed by atoms with E-state index in [9.17, 15) is 0 Å². The van der Waals surface area contributed by atoms with Gasteiger partial charge in [-0.05, 0) is 42.2 Å². The molecule has 1 aromatic carbocycles. The summed E-state index contributed by atoms with van der Waals surface area (Å²) in [5.74, 6) is 0.731. The van der Waals surface area contributed by atoms with Crippen molar-refractivity contribution < 1.29 is 9.16 Å². The Morgan fingerprint density at radius 3 is 2.32 bits per heavy atom. The molecule has 0 atom stereocenters. The molecule has 0 aliphatic heterocycles. The predicted molar refractivity (Wildman–Crippen MR) is 84.3 cm³/mol. The van der Waals surface area contributed by atoms with Gasteiger partial charge in [0.25, 0.3) is 0 Å². The third kappa shape index (κ3) is 4.25. The van der Waals surface area contributed by atoms with Gasteiger partial charge in [-0.15, -0.1) is 0 Å². The molecule has 3 nitrogen and oxygen atoms in total. The molecule has 1 rings (SSSR count). The minimum absolute atomic E-state index is 0.256. The molecule has 0 aromatic heterocycles. The minimum atomic E-state index is -1.65. The van der Waals surface area contributed by atoms with Crippen molar-refractivity contribution >= 4 is 14.0 Å². The van der Waals surface area contributed by atoms with Gasteiger partial charge < -0.3 is 14.9 Å². The summed E-state index contributed by atoms with van der Waals surface area (Å²) < 4.78 is 11.3. The number of rotatable bonds is 5. The van der Waals surface area contributed by atoms with Crippen molar-refractivity contribution in [2.75, 3.05) is 19.5 Å². The molecule has 19 heavy (non-hydrogen) atoms. The van der Waals surface area contributed by atoms with Crippen LogP contribution in [0.25, 0.3) is 0 Å². The fraction of sp³-hybridized carbons (Fsp3) is 0.600. The number of benzene rings is 1. The summed E-state index contributed by atoms with van der Waals surface area (Å²) in [5.41, 5.74) is 7.78. The molecule has 108 valence electrons. The van der Waals surface area contributed by atoms with Gasteiger partial charge in [0.05, 0.1) is 12.8 Å². The summed E-state index contributed by atoms with van der Waals surface area (Å²) in [5, 5.41) is 0.256. The first-order chi connectivity index (χ1) is 8.67.